The third kappa shape index (κ3) is 5.14. The maximum atomic E-state index is 12.1. The van der Waals surface area contributed by atoms with Gasteiger partial charge in [0.2, 0.25) is 11.8 Å². The van der Waals surface area contributed by atoms with Gasteiger partial charge in [-0.05, 0) is 70.9 Å². The van der Waals surface area contributed by atoms with Crippen LogP contribution in [0.4, 0.5) is 0 Å². The number of fused-ring (bicyclic) bond motifs is 1. The van der Waals surface area contributed by atoms with Gasteiger partial charge in [-0.2, -0.15) is 0 Å². The van der Waals surface area contributed by atoms with E-state index in [-0.39, 0.29) is 6.04 Å². The topological polar surface area (TPSA) is 151 Å². The lowest BCUT2D eigenvalue weighted by Gasteiger charge is -2.27. The Morgan fingerprint density at radius 1 is 1.03 bits per heavy atom. The van der Waals surface area contributed by atoms with Crippen molar-refractivity contribution in [2.75, 3.05) is 6.54 Å². The van der Waals surface area contributed by atoms with E-state index in [9.17, 15) is 9.59 Å². The van der Waals surface area contributed by atoms with Crippen molar-refractivity contribution in [2.24, 2.45) is 10.2 Å². The Morgan fingerprint density at radius 3 is 2.47 bits per heavy atom. The molecule has 0 saturated carbocycles. The van der Waals surface area contributed by atoms with Crippen LogP contribution in [0.15, 0.2) is 58.9 Å². The molecule has 1 aromatic heterocycles. The van der Waals surface area contributed by atoms with Crippen molar-refractivity contribution in [1.82, 2.24) is 9.88 Å². The quantitative estimate of drug-likeness (QED) is 0.284. The second-order valence-corrected chi connectivity index (χ2v) is 7.53. The van der Waals surface area contributed by atoms with Gasteiger partial charge in [-0.15, -0.1) is 0 Å². The van der Waals surface area contributed by atoms with Gasteiger partial charge in [0.25, 0.3) is 0 Å². The number of carbonyl (C=O) groups is 2. The zero-order valence-electron chi connectivity index (χ0n) is 17.8. The lowest BCUT2D eigenvalue weighted by molar-refractivity contribution is 0.0990. The summed E-state index contributed by atoms with van der Waals surface area (Å²) in [5, 5.41) is 7.28. The zero-order valence-corrected chi connectivity index (χ0v) is 17.8. The molecule has 0 radical (unpaired) electrons. The third-order valence-electron chi connectivity index (χ3n) is 5.31. The largest absolute Gasteiger partial charge is 0.361 e. The molecule has 162 valence electrons. The van der Waals surface area contributed by atoms with Crippen LogP contribution < -0.4 is 0 Å². The number of azide groups is 2. The minimum absolute atomic E-state index is 0.199. The zero-order chi connectivity index (χ0) is 23.1. The molecule has 0 unspecified atom stereocenters. The Morgan fingerprint density at radius 2 is 1.75 bits per heavy atom. The Labute approximate surface area is 184 Å². The number of aromatic nitrogens is 1. The van der Waals surface area contributed by atoms with Crippen LogP contribution in [0.5, 0.6) is 0 Å². The highest BCUT2D eigenvalue weighted by atomic mass is 16.2. The van der Waals surface area contributed by atoms with Gasteiger partial charge < -0.3 is 4.98 Å². The molecule has 0 aliphatic carbocycles. The molecule has 0 saturated heterocycles. The number of H-pyrrole nitrogens is 1. The predicted octanol–water partition coefficient (Wildman–Crippen LogP) is 5.52. The molecule has 0 atom stereocenters. The molecule has 0 fully saturated rings. The highest BCUT2D eigenvalue weighted by molar-refractivity contribution is 5.99. The summed E-state index contributed by atoms with van der Waals surface area (Å²) in [5.74, 6) is -1.22. The van der Waals surface area contributed by atoms with Crippen LogP contribution in [-0.2, 0) is 13.0 Å². The monoisotopic (exact) mass is 430 g/mol. The van der Waals surface area contributed by atoms with E-state index in [1.165, 1.54) is 0 Å². The number of aromatic amines is 1. The number of amides is 2. The standard InChI is InChI=1S/C22H22N8O2/c1-14(2)30(13-17-5-3-4-6-18(17)22(32)27-29-24)10-9-16-12-25-20-8-7-15(11-19(16)20)21(31)26-28-23/h3-8,11-12,14,25H,9-10,13H2,1-2H3. The van der Waals surface area contributed by atoms with Crippen molar-refractivity contribution < 1.29 is 9.59 Å². The second kappa shape index (κ2) is 10.3. The molecular weight excluding hydrogens is 408 g/mol. The summed E-state index contributed by atoms with van der Waals surface area (Å²) in [6.07, 6.45) is 2.61. The maximum Gasteiger partial charge on any atom is 0.249 e. The number of hydrogen-bond donors (Lipinski definition) is 1. The number of rotatable bonds is 8. The van der Waals surface area contributed by atoms with Crippen LogP contribution in [0.1, 0.15) is 45.7 Å². The Balaban J connectivity index is 1.82. The predicted molar refractivity (Wildman–Crippen MR) is 121 cm³/mol. The van der Waals surface area contributed by atoms with E-state index in [1.54, 1.807) is 30.3 Å². The summed E-state index contributed by atoms with van der Waals surface area (Å²) < 4.78 is 0. The Hall–Kier alpha value is -4.10. The van der Waals surface area contributed by atoms with Crippen LogP contribution in [0.25, 0.3) is 31.8 Å². The molecule has 10 nitrogen and oxygen atoms in total. The molecule has 2 amide bonds. The molecule has 1 heterocycles. The highest BCUT2D eigenvalue weighted by Gasteiger charge is 2.16. The first-order valence-corrected chi connectivity index (χ1v) is 10.1. The number of nitrogens with one attached hydrogen (secondary N) is 1. The van der Waals surface area contributed by atoms with Crippen LogP contribution in [0.2, 0.25) is 0 Å². The minimum Gasteiger partial charge on any atom is -0.361 e. The van der Waals surface area contributed by atoms with Gasteiger partial charge in [-0.25, -0.2) is 0 Å². The van der Waals surface area contributed by atoms with Gasteiger partial charge in [-0.3, -0.25) is 14.5 Å². The number of hydrogen-bond acceptors (Lipinski definition) is 3. The summed E-state index contributed by atoms with van der Waals surface area (Å²) in [6, 6.07) is 12.4. The fourth-order valence-electron chi connectivity index (χ4n) is 3.58. The highest BCUT2D eigenvalue weighted by Crippen LogP contribution is 2.22. The lowest BCUT2D eigenvalue weighted by Crippen LogP contribution is -2.32. The Bertz CT molecular complexity index is 1250. The number of benzene rings is 2. The molecule has 3 rings (SSSR count). The van der Waals surface area contributed by atoms with E-state index in [0.717, 1.165) is 22.0 Å². The maximum absolute atomic E-state index is 12.1. The summed E-state index contributed by atoms with van der Waals surface area (Å²) in [6.45, 7) is 5.36. The summed E-state index contributed by atoms with van der Waals surface area (Å²) >= 11 is 0. The van der Waals surface area contributed by atoms with Crippen LogP contribution >= 0.6 is 0 Å². The number of carbonyl (C=O) groups excluding carboxylic acids is 2. The fraction of sp³-hybridized carbons (Fsp3) is 0.273. The summed E-state index contributed by atoms with van der Waals surface area (Å²) in [7, 11) is 0. The molecule has 32 heavy (non-hydrogen) atoms. The van der Waals surface area contributed by atoms with Gasteiger partial charge in [-0.1, -0.05) is 24.3 Å². The van der Waals surface area contributed by atoms with E-state index in [1.807, 2.05) is 18.3 Å². The molecule has 0 bridgehead atoms. The smallest absolute Gasteiger partial charge is 0.249 e. The molecule has 10 heteroatoms. The van der Waals surface area contributed by atoms with Crippen molar-refractivity contribution in [3.8, 4) is 0 Å². The summed E-state index contributed by atoms with van der Waals surface area (Å²) in [5.41, 5.74) is 20.5. The fourth-order valence-corrected chi connectivity index (χ4v) is 3.58. The normalized spacial score (nSPS) is 10.8. The SMILES string of the molecule is CC(C)N(CCc1c[nH]c2ccc(C(=O)N=[N+]=[N-])cc12)Cc1ccccc1C(=O)N=[N+]=[N-]. The van der Waals surface area contributed by atoms with Crippen molar-refractivity contribution in [2.45, 2.75) is 32.9 Å². The first kappa shape index (κ1) is 22.6. The first-order chi connectivity index (χ1) is 15.4. The molecular formula is C22H22N8O2. The first-order valence-electron chi connectivity index (χ1n) is 10.1. The van der Waals surface area contributed by atoms with Crippen molar-refractivity contribution in [3.05, 3.63) is 91.8 Å². The van der Waals surface area contributed by atoms with Crippen molar-refractivity contribution >= 4 is 22.7 Å². The van der Waals surface area contributed by atoms with Gasteiger partial charge in [0, 0.05) is 57.2 Å². The van der Waals surface area contributed by atoms with E-state index in [2.05, 4.69) is 43.8 Å². The minimum atomic E-state index is -0.619. The van der Waals surface area contributed by atoms with Gasteiger partial charge >= 0.3 is 0 Å². The number of nitrogens with zero attached hydrogens (tertiary/aromatic N) is 7. The van der Waals surface area contributed by atoms with Crippen molar-refractivity contribution in [1.29, 1.82) is 0 Å². The average molecular weight is 430 g/mol. The molecule has 0 spiro atoms. The molecule has 0 aliphatic rings. The second-order valence-electron chi connectivity index (χ2n) is 7.53. The molecule has 2 aromatic carbocycles. The van der Waals surface area contributed by atoms with E-state index in [4.69, 9.17) is 11.1 Å². The van der Waals surface area contributed by atoms with E-state index in [0.29, 0.717) is 30.6 Å². The third-order valence-corrected chi connectivity index (χ3v) is 5.31. The Kier molecular flexibility index (Phi) is 7.25. The van der Waals surface area contributed by atoms with Gasteiger partial charge in [0.05, 0.1) is 0 Å². The summed E-state index contributed by atoms with van der Waals surface area (Å²) in [4.78, 5) is 34.6. The molecule has 1 N–H and O–H groups in total. The van der Waals surface area contributed by atoms with E-state index >= 15 is 0 Å². The van der Waals surface area contributed by atoms with Crippen LogP contribution in [0.3, 0.4) is 0 Å². The molecule has 3 aromatic rings. The van der Waals surface area contributed by atoms with Gasteiger partial charge in [0.1, 0.15) is 0 Å². The average Bonchev–Trinajstić information content (AvgIpc) is 3.19. The van der Waals surface area contributed by atoms with Crippen molar-refractivity contribution in [3.63, 3.8) is 0 Å². The lowest BCUT2D eigenvalue weighted by atomic mass is 10.0. The van der Waals surface area contributed by atoms with E-state index < -0.39 is 11.8 Å². The van der Waals surface area contributed by atoms with Crippen LogP contribution in [0, 0.1) is 0 Å². The van der Waals surface area contributed by atoms with Gasteiger partial charge in [0.15, 0.2) is 0 Å². The van der Waals surface area contributed by atoms with Crippen LogP contribution in [-0.4, -0.2) is 34.3 Å². The molecule has 0 aliphatic heterocycles.